The summed E-state index contributed by atoms with van der Waals surface area (Å²) in [5.74, 6) is 0.638. The summed E-state index contributed by atoms with van der Waals surface area (Å²) in [6.45, 7) is 0. The van der Waals surface area contributed by atoms with E-state index in [1.54, 1.807) is 0 Å². The van der Waals surface area contributed by atoms with Crippen LogP contribution in [0, 0.1) is 0 Å². The third kappa shape index (κ3) is 1.27. The van der Waals surface area contributed by atoms with Crippen molar-refractivity contribution in [3.05, 3.63) is 30.0 Å². The van der Waals surface area contributed by atoms with Gasteiger partial charge >= 0.3 is 0 Å². The largest absolute Gasteiger partial charge is 0.328 e. The van der Waals surface area contributed by atoms with Crippen LogP contribution in [-0.2, 0) is 7.05 Å². The van der Waals surface area contributed by atoms with Crippen LogP contribution in [0.25, 0.3) is 10.9 Å². The SMILES string of the molecule is Cn1ncc2cccc(C3CC(N)C3)c21. The average Bonchev–Trinajstić information content (AvgIpc) is 2.56. The molecule has 1 aromatic carbocycles. The van der Waals surface area contributed by atoms with E-state index in [1.807, 2.05) is 17.9 Å². The van der Waals surface area contributed by atoms with Crippen molar-refractivity contribution in [2.75, 3.05) is 0 Å². The Morgan fingerprint density at radius 3 is 2.93 bits per heavy atom. The summed E-state index contributed by atoms with van der Waals surface area (Å²) in [5.41, 5.74) is 8.53. The average molecular weight is 201 g/mol. The van der Waals surface area contributed by atoms with Gasteiger partial charge in [-0.15, -0.1) is 0 Å². The number of benzene rings is 1. The second-order valence-electron chi connectivity index (χ2n) is 4.48. The molecule has 0 bridgehead atoms. The van der Waals surface area contributed by atoms with Crippen molar-refractivity contribution >= 4 is 10.9 Å². The highest BCUT2D eigenvalue weighted by molar-refractivity contribution is 5.82. The minimum absolute atomic E-state index is 0.401. The first-order valence-electron chi connectivity index (χ1n) is 5.42. The monoisotopic (exact) mass is 201 g/mol. The minimum atomic E-state index is 0.401. The Kier molecular flexibility index (Phi) is 1.83. The molecule has 1 heterocycles. The number of nitrogens with two attached hydrogens (primary N) is 1. The van der Waals surface area contributed by atoms with Crippen molar-refractivity contribution in [1.29, 1.82) is 0 Å². The van der Waals surface area contributed by atoms with Crippen LogP contribution in [0.4, 0.5) is 0 Å². The van der Waals surface area contributed by atoms with E-state index in [0.29, 0.717) is 12.0 Å². The van der Waals surface area contributed by atoms with E-state index in [9.17, 15) is 0 Å². The van der Waals surface area contributed by atoms with E-state index in [2.05, 4.69) is 23.3 Å². The van der Waals surface area contributed by atoms with E-state index in [1.165, 1.54) is 16.5 Å². The van der Waals surface area contributed by atoms with E-state index in [4.69, 9.17) is 5.73 Å². The Morgan fingerprint density at radius 2 is 2.20 bits per heavy atom. The first-order chi connectivity index (χ1) is 7.25. The van der Waals surface area contributed by atoms with Gasteiger partial charge in [-0.25, -0.2) is 0 Å². The van der Waals surface area contributed by atoms with Gasteiger partial charge in [-0.1, -0.05) is 18.2 Å². The summed E-state index contributed by atoms with van der Waals surface area (Å²) in [4.78, 5) is 0. The molecule has 0 saturated heterocycles. The highest BCUT2D eigenvalue weighted by Gasteiger charge is 2.29. The molecule has 3 nitrogen and oxygen atoms in total. The van der Waals surface area contributed by atoms with Gasteiger partial charge in [0.05, 0.1) is 11.7 Å². The van der Waals surface area contributed by atoms with Gasteiger partial charge in [-0.3, -0.25) is 4.68 Å². The van der Waals surface area contributed by atoms with Crippen molar-refractivity contribution in [3.63, 3.8) is 0 Å². The maximum atomic E-state index is 5.84. The number of aromatic nitrogens is 2. The number of fused-ring (bicyclic) bond motifs is 1. The second kappa shape index (κ2) is 3.07. The molecule has 3 heteroatoms. The zero-order valence-corrected chi connectivity index (χ0v) is 8.85. The number of hydrogen-bond donors (Lipinski definition) is 1. The summed E-state index contributed by atoms with van der Waals surface area (Å²) in [5, 5.41) is 5.53. The molecule has 2 N–H and O–H groups in total. The van der Waals surface area contributed by atoms with Gasteiger partial charge in [0.1, 0.15) is 0 Å². The molecule has 78 valence electrons. The third-order valence-electron chi connectivity index (χ3n) is 3.41. The van der Waals surface area contributed by atoms with Crippen LogP contribution in [0.15, 0.2) is 24.4 Å². The van der Waals surface area contributed by atoms with Gasteiger partial charge in [0.2, 0.25) is 0 Å². The predicted molar refractivity (Wildman–Crippen MR) is 60.7 cm³/mol. The Balaban J connectivity index is 2.13. The standard InChI is InChI=1S/C12H15N3/c1-15-12-8(7-14-15)3-2-4-11(12)9-5-10(13)6-9/h2-4,7,9-10H,5-6,13H2,1H3. The van der Waals surface area contributed by atoms with Crippen LogP contribution in [0.5, 0.6) is 0 Å². The molecule has 1 aromatic heterocycles. The fourth-order valence-corrected chi connectivity index (χ4v) is 2.51. The van der Waals surface area contributed by atoms with Crippen molar-refractivity contribution in [2.45, 2.75) is 24.8 Å². The summed E-state index contributed by atoms with van der Waals surface area (Å²) < 4.78 is 1.97. The van der Waals surface area contributed by atoms with E-state index in [0.717, 1.165) is 12.8 Å². The molecule has 0 spiro atoms. The van der Waals surface area contributed by atoms with Gasteiger partial charge in [0.25, 0.3) is 0 Å². The number of aryl methyl sites for hydroxylation is 1. The lowest BCUT2D eigenvalue weighted by Crippen LogP contribution is -2.34. The predicted octanol–water partition coefficient (Wildman–Crippen LogP) is 1.78. The summed E-state index contributed by atoms with van der Waals surface area (Å²) in [6.07, 6.45) is 4.16. The zero-order chi connectivity index (χ0) is 10.4. The van der Waals surface area contributed by atoms with E-state index < -0.39 is 0 Å². The van der Waals surface area contributed by atoms with Crippen LogP contribution >= 0.6 is 0 Å². The maximum Gasteiger partial charge on any atom is 0.0713 e. The summed E-state index contributed by atoms with van der Waals surface area (Å²) in [6, 6.07) is 6.84. The fourth-order valence-electron chi connectivity index (χ4n) is 2.51. The summed E-state index contributed by atoms with van der Waals surface area (Å²) in [7, 11) is 2.00. The Bertz CT molecular complexity index is 495. The molecule has 1 aliphatic carbocycles. The number of hydrogen-bond acceptors (Lipinski definition) is 2. The second-order valence-corrected chi connectivity index (χ2v) is 4.48. The van der Waals surface area contributed by atoms with Gasteiger partial charge in [-0.2, -0.15) is 5.10 Å². The van der Waals surface area contributed by atoms with Crippen LogP contribution in [-0.4, -0.2) is 15.8 Å². The molecule has 15 heavy (non-hydrogen) atoms. The maximum absolute atomic E-state index is 5.84. The van der Waals surface area contributed by atoms with E-state index >= 15 is 0 Å². The number of nitrogens with zero attached hydrogens (tertiary/aromatic N) is 2. The lowest BCUT2D eigenvalue weighted by atomic mass is 9.76. The fraction of sp³-hybridized carbons (Fsp3) is 0.417. The van der Waals surface area contributed by atoms with Gasteiger partial charge < -0.3 is 5.73 Å². The molecule has 1 aliphatic rings. The van der Waals surface area contributed by atoms with Crippen LogP contribution in [0.3, 0.4) is 0 Å². The lowest BCUT2D eigenvalue weighted by Gasteiger charge is -2.33. The van der Waals surface area contributed by atoms with Gasteiger partial charge in [-0.05, 0) is 24.3 Å². The topological polar surface area (TPSA) is 43.8 Å². The Morgan fingerprint density at radius 1 is 1.40 bits per heavy atom. The van der Waals surface area contributed by atoms with Gasteiger partial charge in [0.15, 0.2) is 0 Å². The molecule has 1 fully saturated rings. The van der Waals surface area contributed by atoms with Crippen molar-refractivity contribution in [3.8, 4) is 0 Å². The first-order valence-corrected chi connectivity index (χ1v) is 5.42. The molecule has 0 radical (unpaired) electrons. The van der Waals surface area contributed by atoms with Crippen LogP contribution in [0.1, 0.15) is 24.3 Å². The molecule has 1 saturated carbocycles. The minimum Gasteiger partial charge on any atom is -0.328 e. The van der Waals surface area contributed by atoms with Crippen LogP contribution in [0.2, 0.25) is 0 Å². The molecular weight excluding hydrogens is 186 g/mol. The zero-order valence-electron chi connectivity index (χ0n) is 8.85. The molecule has 0 atom stereocenters. The number of para-hydroxylation sites is 1. The molecule has 0 amide bonds. The molecule has 0 aliphatic heterocycles. The highest BCUT2D eigenvalue weighted by Crippen LogP contribution is 2.38. The van der Waals surface area contributed by atoms with Crippen molar-refractivity contribution < 1.29 is 0 Å². The normalized spacial score (nSPS) is 25.5. The van der Waals surface area contributed by atoms with Crippen molar-refractivity contribution in [1.82, 2.24) is 9.78 Å². The molecule has 3 rings (SSSR count). The molecule has 2 aromatic rings. The Labute approximate surface area is 88.9 Å². The molecular formula is C12H15N3. The Hall–Kier alpha value is -1.35. The van der Waals surface area contributed by atoms with Crippen LogP contribution < -0.4 is 5.73 Å². The van der Waals surface area contributed by atoms with E-state index in [-0.39, 0.29) is 0 Å². The summed E-state index contributed by atoms with van der Waals surface area (Å²) >= 11 is 0. The highest BCUT2D eigenvalue weighted by atomic mass is 15.2. The quantitative estimate of drug-likeness (QED) is 0.764. The smallest absolute Gasteiger partial charge is 0.0713 e. The third-order valence-corrected chi connectivity index (χ3v) is 3.41. The van der Waals surface area contributed by atoms with Crippen molar-refractivity contribution in [2.24, 2.45) is 12.8 Å². The first kappa shape index (κ1) is 8.92. The van der Waals surface area contributed by atoms with Gasteiger partial charge in [0, 0.05) is 18.5 Å². The lowest BCUT2D eigenvalue weighted by molar-refractivity contribution is 0.352. The number of rotatable bonds is 1. The molecule has 0 unspecified atom stereocenters.